The van der Waals surface area contributed by atoms with E-state index in [0.29, 0.717) is 0 Å². The van der Waals surface area contributed by atoms with Crippen LogP contribution in [0.2, 0.25) is 0 Å². The molecular weight excluding hydrogens is 304 g/mol. The summed E-state index contributed by atoms with van der Waals surface area (Å²) in [5.41, 5.74) is 5.97. The van der Waals surface area contributed by atoms with Crippen molar-refractivity contribution in [2.75, 3.05) is 0 Å². The van der Waals surface area contributed by atoms with E-state index in [4.69, 9.17) is 0 Å². The molecule has 0 bridgehead atoms. The fourth-order valence-corrected chi connectivity index (χ4v) is 2.53. The lowest BCUT2D eigenvalue weighted by atomic mass is 10.0. The summed E-state index contributed by atoms with van der Waals surface area (Å²) < 4.78 is 0. The number of rotatable bonds is 2. The standard InChI is InChI=1S/C13H12.C10H8N2/c1-11-6-5-9-13(10-11)12-7-3-2-4-8-12;1-2-4-9(5-3-1)10-6-7-11-8-12-10/h2-10H,1H3;1-8H. The minimum Gasteiger partial charge on any atom is -0.245 e. The van der Waals surface area contributed by atoms with Gasteiger partial charge in [-0.2, -0.15) is 0 Å². The van der Waals surface area contributed by atoms with Gasteiger partial charge in [0.05, 0.1) is 5.69 Å². The van der Waals surface area contributed by atoms with Gasteiger partial charge in [0.25, 0.3) is 0 Å². The topological polar surface area (TPSA) is 25.8 Å². The molecule has 2 heteroatoms. The molecule has 0 atom stereocenters. The molecule has 25 heavy (non-hydrogen) atoms. The molecule has 0 amide bonds. The Morgan fingerprint density at radius 1 is 0.600 bits per heavy atom. The maximum atomic E-state index is 4.14. The first-order valence-electron chi connectivity index (χ1n) is 8.26. The van der Waals surface area contributed by atoms with Crippen LogP contribution >= 0.6 is 0 Å². The van der Waals surface area contributed by atoms with Crippen LogP contribution in [0.4, 0.5) is 0 Å². The van der Waals surface area contributed by atoms with Gasteiger partial charge in [-0.25, -0.2) is 9.97 Å². The molecule has 0 radical (unpaired) electrons. The highest BCUT2D eigenvalue weighted by Crippen LogP contribution is 2.19. The van der Waals surface area contributed by atoms with Crippen LogP contribution in [0.5, 0.6) is 0 Å². The maximum absolute atomic E-state index is 4.14. The fraction of sp³-hybridized carbons (Fsp3) is 0.0435. The zero-order chi connectivity index (χ0) is 17.3. The predicted octanol–water partition coefficient (Wildman–Crippen LogP) is 5.81. The van der Waals surface area contributed by atoms with Crippen molar-refractivity contribution in [3.8, 4) is 22.4 Å². The Morgan fingerprint density at radius 2 is 1.24 bits per heavy atom. The lowest BCUT2D eigenvalue weighted by Crippen LogP contribution is -1.82. The summed E-state index contributed by atoms with van der Waals surface area (Å²) in [6.07, 6.45) is 3.30. The van der Waals surface area contributed by atoms with Crippen molar-refractivity contribution in [1.29, 1.82) is 0 Å². The largest absolute Gasteiger partial charge is 0.245 e. The summed E-state index contributed by atoms with van der Waals surface area (Å²) in [5.74, 6) is 0. The van der Waals surface area contributed by atoms with Crippen molar-refractivity contribution >= 4 is 0 Å². The van der Waals surface area contributed by atoms with Gasteiger partial charge in [-0.05, 0) is 24.1 Å². The highest BCUT2D eigenvalue weighted by Gasteiger charge is 1.95. The quantitative estimate of drug-likeness (QED) is 0.465. The molecule has 0 saturated heterocycles. The molecule has 0 aliphatic carbocycles. The van der Waals surface area contributed by atoms with Gasteiger partial charge >= 0.3 is 0 Å². The lowest BCUT2D eigenvalue weighted by molar-refractivity contribution is 1.17. The number of hydrogen-bond acceptors (Lipinski definition) is 2. The Kier molecular flexibility index (Phi) is 5.68. The second-order valence-corrected chi connectivity index (χ2v) is 5.70. The highest BCUT2D eigenvalue weighted by atomic mass is 14.8. The Bertz CT molecular complexity index is 851. The molecule has 3 aromatic carbocycles. The number of benzene rings is 3. The third kappa shape index (κ3) is 4.85. The highest BCUT2D eigenvalue weighted by molar-refractivity contribution is 5.63. The molecule has 4 aromatic rings. The van der Waals surface area contributed by atoms with Crippen LogP contribution in [0.15, 0.2) is 104 Å². The minimum atomic E-state index is 0.964. The Balaban J connectivity index is 0.000000146. The van der Waals surface area contributed by atoms with Crippen LogP contribution in [0.3, 0.4) is 0 Å². The fourth-order valence-electron chi connectivity index (χ4n) is 2.53. The Morgan fingerprint density at radius 3 is 1.84 bits per heavy atom. The maximum Gasteiger partial charge on any atom is 0.116 e. The third-order valence-electron chi connectivity index (χ3n) is 3.78. The molecule has 0 unspecified atom stereocenters. The molecule has 0 saturated carbocycles. The number of aromatic nitrogens is 2. The minimum absolute atomic E-state index is 0.964. The zero-order valence-electron chi connectivity index (χ0n) is 14.2. The number of aryl methyl sites for hydroxylation is 1. The van der Waals surface area contributed by atoms with Crippen molar-refractivity contribution in [1.82, 2.24) is 9.97 Å². The summed E-state index contributed by atoms with van der Waals surface area (Å²) in [6, 6.07) is 30.9. The molecule has 122 valence electrons. The van der Waals surface area contributed by atoms with E-state index >= 15 is 0 Å². The van der Waals surface area contributed by atoms with Crippen LogP contribution in [-0.2, 0) is 0 Å². The molecule has 0 aliphatic rings. The van der Waals surface area contributed by atoms with Crippen LogP contribution in [0.1, 0.15) is 5.56 Å². The molecule has 0 fully saturated rings. The average molecular weight is 324 g/mol. The van der Waals surface area contributed by atoms with Crippen molar-refractivity contribution in [2.45, 2.75) is 6.92 Å². The molecule has 1 aromatic heterocycles. The monoisotopic (exact) mass is 324 g/mol. The first kappa shape index (κ1) is 16.6. The first-order valence-corrected chi connectivity index (χ1v) is 8.26. The van der Waals surface area contributed by atoms with E-state index in [1.807, 2.05) is 42.5 Å². The van der Waals surface area contributed by atoms with Gasteiger partial charge in [-0.15, -0.1) is 0 Å². The van der Waals surface area contributed by atoms with Crippen LogP contribution < -0.4 is 0 Å². The van der Waals surface area contributed by atoms with E-state index in [-0.39, 0.29) is 0 Å². The molecule has 1 heterocycles. The van der Waals surface area contributed by atoms with Crippen molar-refractivity contribution in [2.24, 2.45) is 0 Å². The third-order valence-corrected chi connectivity index (χ3v) is 3.78. The molecule has 0 N–H and O–H groups in total. The summed E-state index contributed by atoms with van der Waals surface area (Å²) in [6.45, 7) is 2.12. The predicted molar refractivity (Wildman–Crippen MR) is 104 cm³/mol. The Labute approximate surface area is 148 Å². The molecule has 4 rings (SSSR count). The summed E-state index contributed by atoms with van der Waals surface area (Å²) in [4.78, 5) is 8.00. The number of hydrogen-bond donors (Lipinski definition) is 0. The van der Waals surface area contributed by atoms with Gasteiger partial charge in [0.2, 0.25) is 0 Å². The smallest absolute Gasteiger partial charge is 0.116 e. The van der Waals surface area contributed by atoms with Crippen LogP contribution in [0.25, 0.3) is 22.4 Å². The molecule has 2 nitrogen and oxygen atoms in total. The van der Waals surface area contributed by atoms with Crippen molar-refractivity contribution in [3.05, 3.63) is 109 Å². The van der Waals surface area contributed by atoms with E-state index < -0.39 is 0 Å². The second kappa shape index (κ2) is 8.55. The molecule has 0 aliphatic heterocycles. The van der Waals surface area contributed by atoms with E-state index in [1.165, 1.54) is 16.7 Å². The summed E-state index contributed by atoms with van der Waals surface area (Å²) in [7, 11) is 0. The van der Waals surface area contributed by atoms with Gasteiger partial charge in [0, 0.05) is 11.8 Å². The lowest BCUT2D eigenvalue weighted by Gasteiger charge is -2.01. The second-order valence-electron chi connectivity index (χ2n) is 5.70. The van der Waals surface area contributed by atoms with E-state index in [2.05, 4.69) is 65.4 Å². The summed E-state index contributed by atoms with van der Waals surface area (Å²) >= 11 is 0. The zero-order valence-corrected chi connectivity index (χ0v) is 14.2. The summed E-state index contributed by atoms with van der Waals surface area (Å²) in [5, 5.41) is 0. The first-order chi connectivity index (χ1) is 12.3. The van der Waals surface area contributed by atoms with Gasteiger partial charge in [0.1, 0.15) is 6.33 Å². The normalized spacial score (nSPS) is 9.80. The van der Waals surface area contributed by atoms with Crippen molar-refractivity contribution in [3.63, 3.8) is 0 Å². The van der Waals surface area contributed by atoms with Gasteiger partial charge in [-0.3, -0.25) is 0 Å². The van der Waals surface area contributed by atoms with Gasteiger partial charge < -0.3 is 0 Å². The van der Waals surface area contributed by atoms with E-state index in [9.17, 15) is 0 Å². The van der Waals surface area contributed by atoms with E-state index in [1.54, 1.807) is 12.5 Å². The molecular formula is C23H20N2. The van der Waals surface area contributed by atoms with Crippen molar-refractivity contribution < 1.29 is 0 Å². The number of nitrogens with zero attached hydrogens (tertiary/aromatic N) is 2. The van der Waals surface area contributed by atoms with Gasteiger partial charge in [0.15, 0.2) is 0 Å². The van der Waals surface area contributed by atoms with E-state index in [0.717, 1.165) is 11.3 Å². The average Bonchev–Trinajstić information content (AvgIpc) is 2.71. The van der Waals surface area contributed by atoms with Crippen LogP contribution in [-0.4, -0.2) is 9.97 Å². The molecule has 0 spiro atoms. The Hall–Kier alpha value is -3.26. The van der Waals surface area contributed by atoms with Gasteiger partial charge in [-0.1, -0.05) is 90.5 Å². The van der Waals surface area contributed by atoms with Crippen LogP contribution in [0, 0.1) is 6.92 Å². The SMILES string of the molecule is Cc1cccc(-c2ccccc2)c1.c1ccc(-c2ccncn2)cc1.